The van der Waals surface area contributed by atoms with Gasteiger partial charge in [-0.25, -0.2) is 0 Å². The van der Waals surface area contributed by atoms with E-state index in [1.54, 1.807) is 6.92 Å². The van der Waals surface area contributed by atoms with Crippen molar-refractivity contribution in [1.82, 2.24) is 0 Å². The Labute approximate surface area is 102 Å². The summed E-state index contributed by atoms with van der Waals surface area (Å²) >= 11 is 0. The molecule has 2 nitrogen and oxygen atoms in total. The van der Waals surface area contributed by atoms with Crippen LogP contribution in [0.2, 0.25) is 18.1 Å². The van der Waals surface area contributed by atoms with E-state index in [1.165, 1.54) is 0 Å². The van der Waals surface area contributed by atoms with Gasteiger partial charge >= 0.3 is 0 Å². The molecule has 0 saturated heterocycles. The zero-order valence-electron chi connectivity index (χ0n) is 12.2. The summed E-state index contributed by atoms with van der Waals surface area (Å²) in [4.78, 5) is 11.0. The second-order valence-corrected chi connectivity index (χ2v) is 11.5. The first-order valence-electron chi connectivity index (χ1n) is 6.07. The van der Waals surface area contributed by atoms with Gasteiger partial charge in [0.15, 0.2) is 8.32 Å². The molecule has 0 amide bonds. The molecule has 0 bridgehead atoms. The van der Waals surface area contributed by atoms with Gasteiger partial charge in [0.2, 0.25) is 0 Å². The summed E-state index contributed by atoms with van der Waals surface area (Å²) in [7, 11) is -1.72. The van der Waals surface area contributed by atoms with Gasteiger partial charge in [0.1, 0.15) is 5.78 Å². The van der Waals surface area contributed by atoms with Crippen LogP contribution in [0, 0.1) is 0 Å². The van der Waals surface area contributed by atoms with Crippen molar-refractivity contribution in [2.24, 2.45) is 0 Å². The number of carbonyl (C=O) groups excluding carboxylic acids is 1. The van der Waals surface area contributed by atoms with Crippen LogP contribution in [0.4, 0.5) is 0 Å². The lowest BCUT2D eigenvalue weighted by Crippen LogP contribution is -2.47. The van der Waals surface area contributed by atoms with Crippen LogP contribution >= 0.6 is 0 Å². The zero-order chi connectivity index (χ0) is 13.2. The van der Waals surface area contributed by atoms with Crippen molar-refractivity contribution in [1.29, 1.82) is 0 Å². The molecular formula is C13H28O2Si. The molecule has 3 heteroatoms. The van der Waals surface area contributed by atoms with E-state index in [9.17, 15) is 4.79 Å². The molecule has 0 aliphatic heterocycles. The highest BCUT2D eigenvalue weighted by Crippen LogP contribution is 2.39. The van der Waals surface area contributed by atoms with E-state index in [0.29, 0.717) is 6.42 Å². The number of carbonyl (C=O) groups is 1. The van der Waals surface area contributed by atoms with E-state index in [4.69, 9.17) is 4.43 Å². The summed E-state index contributed by atoms with van der Waals surface area (Å²) in [6.45, 7) is 17.0. The average Bonchev–Trinajstić information content (AvgIpc) is 1.96. The van der Waals surface area contributed by atoms with E-state index in [1.807, 2.05) is 0 Å². The van der Waals surface area contributed by atoms with Gasteiger partial charge in [-0.2, -0.15) is 0 Å². The number of hydrogen-bond donors (Lipinski definition) is 0. The summed E-state index contributed by atoms with van der Waals surface area (Å²) in [6, 6.07) is 0. The van der Waals surface area contributed by atoms with Crippen LogP contribution in [0.1, 0.15) is 54.4 Å². The monoisotopic (exact) mass is 244 g/mol. The third-order valence-electron chi connectivity index (χ3n) is 3.42. The van der Waals surface area contributed by atoms with E-state index >= 15 is 0 Å². The topological polar surface area (TPSA) is 26.3 Å². The molecule has 0 atom stereocenters. The van der Waals surface area contributed by atoms with Crippen molar-refractivity contribution in [2.45, 2.75) is 78.1 Å². The summed E-state index contributed by atoms with van der Waals surface area (Å²) < 4.78 is 6.33. The van der Waals surface area contributed by atoms with Crippen molar-refractivity contribution in [3.05, 3.63) is 0 Å². The normalized spacial score (nSPS) is 14.0. The summed E-state index contributed by atoms with van der Waals surface area (Å²) in [5, 5.41) is 0.223. The lowest BCUT2D eigenvalue weighted by atomic mass is 10.0. The largest absolute Gasteiger partial charge is 0.412 e. The van der Waals surface area contributed by atoms with Gasteiger partial charge < -0.3 is 9.22 Å². The molecule has 0 unspecified atom stereocenters. The van der Waals surface area contributed by atoms with E-state index < -0.39 is 8.32 Å². The van der Waals surface area contributed by atoms with Crippen LogP contribution in [-0.4, -0.2) is 19.7 Å². The van der Waals surface area contributed by atoms with Crippen molar-refractivity contribution in [2.75, 3.05) is 0 Å². The maximum atomic E-state index is 11.0. The smallest absolute Gasteiger partial charge is 0.192 e. The number of rotatable bonds is 5. The minimum atomic E-state index is -1.72. The Morgan fingerprint density at radius 1 is 1.12 bits per heavy atom. The van der Waals surface area contributed by atoms with Crippen molar-refractivity contribution in [3.8, 4) is 0 Å². The SMILES string of the molecule is CC(=O)CCC(C)(C)O[Si](C)(C)C(C)(C)C. The third kappa shape index (κ3) is 5.26. The summed E-state index contributed by atoms with van der Waals surface area (Å²) in [6.07, 6.45) is 1.43. The Morgan fingerprint density at radius 2 is 1.56 bits per heavy atom. The van der Waals surface area contributed by atoms with E-state index in [-0.39, 0.29) is 16.4 Å². The first kappa shape index (κ1) is 15.8. The summed E-state index contributed by atoms with van der Waals surface area (Å²) in [5.74, 6) is 0.243. The second-order valence-electron chi connectivity index (χ2n) is 6.82. The Balaban J connectivity index is 4.51. The molecule has 0 aliphatic carbocycles. The highest BCUT2D eigenvalue weighted by atomic mass is 28.4. The summed E-state index contributed by atoms with van der Waals surface area (Å²) in [5.41, 5.74) is -0.186. The number of ketones is 1. The van der Waals surface area contributed by atoms with Crippen molar-refractivity contribution >= 4 is 14.1 Å². The number of Topliss-reactive ketones (excluding diaryl/α,β-unsaturated/α-hetero) is 1. The quantitative estimate of drug-likeness (QED) is 0.679. The van der Waals surface area contributed by atoms with Gasteiger partial charge in [0.05, 0.1) is 5.60 Å². The van der Waals surface area contributed by atoms with Gasteiger partial charge in [-0.05, 0) is 45.3 Å². The van der Waals surface area contributed by atoms with Gasteiger partial charge in [0, 0.05) is 6.42 Å². The first-order chi connectivity index (χ1) is 6.87. The Bertz CT molecular complexity index is 249. The Morgan fingerprint density at radius 3 is 1.88 bits per heavy atom. The molecule has 96 valence electrons. The van der Waals surface area contributed by atoms with Crippen LogP contribution in [0.15, 0.2) is 0 Å². The molecule has 0 N–H and O–H groups in total. The van der Waals surface area contributed by atoms with Crippen LogP contribution in [0.3, 0.4) is 0 Å². The fraction of sp³-hybridized carbons (Fsp3) is 0.923. The lowest BCUT2D eigenvalue weighted by Gasteiger charge is -2.42. The molecule has 0 aromatic carbocycles. The minimum absolute atomic E-state index is 0.186. The molecule has 0 rings (SSSR count). The molecule has 0 spiro atoms. The van der Waals surface area contributed by atoms with Crippen LogP contribution in [0.25, 0.3) is 0 Å². The molecular weight excluding hydrogens is 216 g/mol. The van der Waals surface area contributed by atoms with E-state index in [2.05, 4.69) is 47.7 Å². The average molecular weight is 244 g/mol. The predicted molar refractivity (Wildman–Crippen MR) is 72.3 cm³/mol. The van der Waals surface area contributed by atoms with Crippen LogP contribution in [0.5, 0.6) is 0 Å². The van der Waals surface area contributed by atoms with Gasteiger partial charge in [-0.3, -0.25) is 0 Å². The predicted octanol–water partition coefficient (Wildman–Crippen LogP) is 4.16. The maximum absolute atomic E-state index is 11.0. The molecule has 0 radical (unpaired) electrons. The Hall–Kier alpha value is -0.153. The minimum Gasteiger partial charge on any atom is -0.412 e. The third-order valence-corrected chi connectivity index (χ3v) is 8.09. The molecule has 0 aliphatic rings. The first-order valence-corrected chi connectivity index (χ1v) is 8.98. The highest BCUT2D eigenvalue weighted by Gasteiger charge is 2.41. The number of hydrogen-bond acceptors (Lipinski definition) is 2. The maximum Gasteiger partial charge on any atom is 0.192 e. The molecule has 0 aromatic heterocycles. The van der Waals surface area contributed by atoms with Gasteiger partial charge in [-0.1, -0.05) is 20.8 Å². The molecule has 0 fully saturated rings. The van der Waals surface area contributed by atoms with Gasteiger partial charge in [0.25, 0.3) is 0 Å². The van der Waals surface area contributed by atoms with Crippen molar-refractivity contribution in [3.63, 3.8) is 0 Å². The standard InChI is InChI=1S/C13H28O2Si/c1-11(14)9-10-13(5,6)15-16(7,8)12(2,3)4/h9-10H2,1-8H3. The Kier molecular flexibility index (Phi) is 4.96. The fourth-order valence-electron chi connectivity index (χ4n) is 1.37. The van der Waals surface area contributed by atoms with Gasteiger partial charge in [-0.15, -0.1) is 0 Å². The van der Waals surface area contributed by atoms with E-state index in [0.717, 1.165) is 6.42 Å². The zero-order valence-corrected chi connectivity index (χ0v) is 13.2. The molecule has 0 heterocycles. The lowest BCUT2D eigenvalue weighted by molar-refractivity contribution is -0.118. The molecule has 16 heavy (non-hydrogen) atoms. The van der Waals surface area contributed by atoms with Crippen LogP contribution < -0.4 is 0 Å². The second kappa shape index (κ2) is 5.01. The molecule has 0 aromatic rings. The van der Waals surface area contributed by atoms with Crippen LogP contribution in [-0.2, 0) is 9.22 Å². The molecule has 0 saturated carbocycles. The highest BCUT2D eigenvalue weighted by molar-refractivity contribution is 6.74. The fourth-order valence-corrected chi connectivity index (χ4v) is 3.16. The van der Waals surface area contributed by atoms with Crippen molar-refractivity contribution < 1.29 is 9.22 Å².